The molecule has 1 aromatic carbocycles. The number of ether oxygens (including phenoxy) is 1. The number of furan rings is 1. The van der Waals surface area contributed by atoms with Gasteiger partial charge in [-0.25, -0.2) is 4.98 Å². The molecular formula is C25H24ClN5O4S2. The van der Waals surface area contributed by atoms with E-state index in [1.165, 1.54) is 23.1 Å². The number of thioether (sulfide) groups is 1. The van der Waals surface area contributed by atoms with Crippen LogP contribution in [0.5, 0.6) is 0 Å². The Hall–Kier alpha value is -3.15. The third-order valence-corrected chi connectivity index (χ3v) is 8.18. The number of esters is 1. The predicted octanol–water partition coefficient (Wildman–Crippen LogP) is 5.34. The van der Waals surface area contributed by atoms with E-state index in [1.54, 1.807) is 29.5 Å². The van der Waals surface area contributed by atoms with Crippen LogP contribution in [0.4, 0.5) is 0 Å². The van der Waals surface area contributed by atoms with Gasteiger partial charge in [0.25, 0.3) is 5.91 Å². The molecule has 1 unspecified atom stereocenters. The SMILES string of the molecule is CCOC(=O)C1CCCN(C(=O)c2csc(CSc3nnc(-c4ccco4)n3-c3ccccc3Cl)n2)C1. The molecule has 0 saturated carbocycles. The lowest BCUT2D eigenvalue weighted by molar-refractivity contribution is -0.149. The van der Waals surface area contributed by atoms with Crippen LogP contribution in [0.2, 0.25) is 5.02 Å². The Morgan fingerprint density at radius 2 is 2.11 bits per heavy atom. The number of likely N-dealkylation sites (tertiary alicyclic amines) is 1. The Bertz CT molecular complexity index is 1390. The van der Waals surface area contributed by atoms with Crippen molar-refractivity contribution >= 4 is 46.6 Å². The highest BCUT2D eigenvalue weighted by Crippen LogP contribution is 2.33. The van der Waals surface area contributed by atoms with Crippen molar-refractivity contribution in [2.24, 2.45) is 5.92 Å². The summed E-state index contributed by atoms with van der Waals surface area (Å²) in [5, 5.41) is 12.4. The van der Waals surface area contributed by atoms with Crippen LogP contribution in [0.3, 0.4) is 0 Å². The summed E-state index contributed by atoms with van der Waals surface area (Å²) in [4.78, 5) is 31.5. The zero-order valence-corrected chi connectivity index (χ0v) is 22.4. The van der Waals surface area contributed by atoms with Gasteiger partial charge >= 0.3 is 5.97 Å². The van der Waals surface area contributed by atoms with Gasteiger partial charge in [-0.05, 0) is 44.0 Å². The van der Waals surface area contributed by atoms with Gasteiger partial charge < -0.3 is 14.1 Å². The lowest BCUT2D eigenvalue weighted by Crippen LogP contribution is -2.43. The topological polar surface area (TPSA) is 103 Å². The number of rotatable bonds is 8. The van der Waals surface area contributed by atoms with Crippen LogP contribution in [0.1, 0.15) is 35.3 Å². The minimum atomic E-state index is -0.286. The second kappa shape index (κ2) is 11.5. The van der Waals surface area contributed by atoms with Gasteiger partial charge in [-0.2, -0.15) is 0 Å². The number of carbonyl (C=O) groups is 2. The highest BCUT2D eigenvalue weighted by Gasteiger charge is 2.30. The van der Waals surface area contributed by atoms with Gasteiger partial charge in [-0.15, -0.1) is 21.5 Å². The number of para-hydroxylation sites is 1. The number of nitrogens with zero attached hydrogens (tertiary/aromatic N) is 5. The molecule has 1 aliphatic rings. The number of piperidine rings is 1. The van der Waals surface area contributed by atoms with Crippen molar-refractivity contribution in [2.45, 2.75) is 30.7 Å². The summed E-state index contributed by atoms with van der Waals surface area (Å²) in [7, 11) is 0. The van der Waals surface area contributed by atoms with E-state index in [9.17, 15) is 9.59 Å². The van der Waals surface area contributed by atoms with Crippen molar-refractivity contribution < 1.29 is 18.7 Å². The molecule has 1 amide bonds. The Morgan fingerprint density at radius 3 is 2.89 bits per heavy atom. The largest absolute Gasteiger partial charge is 0.466 e. The van der Waals surface area contributed by atoms with Crippen LogP contribution in [-0.4, -0.2) is 56.2 Å². The molecule has 37 heavy (non-hydrogen) atoms. The van der Waals surface area contributed by atoms with Crippen LogP contribution >= 0.6 is 34.7 Å². The van der Waals surface area contributed by atoms with Crippen LogP contribution in [0, 0.1) is 5.92 Å². The Morgan fingerprint density at radius 1 is 1.24 bits per heavy atom. The van der Waals surface area contributed by atoms with E-state index in [2.05, 4.69) is 15.2 Å². The minimum Gasteiger partial charge on any atom is -0.466 e. The number of hydrogen-bond donors (Lipinski definition) is 0. The second-order valence-corrected chi connectivity index (χ2v) is 10.6. The standard InChI is InChI=1S/C25H24ClN5O4S2/c1-2-34-24(33)16-7-5-11-30(13-16)23(32)18-14-36-21(27-18)15-37-25-29-28-22(20-10-6-12-35-20)31(25)19-9-4-3-8-17(19)26/h3-4,6,8-10,12,14,16H,2,5,7,11,13,15H2,1H3. The fraction of sp³-hybridized carbons (Fsp3) is 0.320. The second-order valence-electron chi connectivity index (χ2n) is 8.33. The van der Waals surface area contributed by atoms with E-state index < -0.39 is 0 Å². The number of halogens is 1. The van der Waals surface area contributed by atoms with Gasteiger partial charge in [0.2, 0.25) is 5.82 Å². The molecule has 1 saturated heterocycles. The molecule has 0 spiro atoms. The lowest BCUT2D eigenvalue weighted by atomic mass is 9.98. The van der Waals surface area contributed by atoms with Crippen molar-refractivity contribution in [1.29, 1.82) is 0 Å². The molecule has 192 valence electrons. The van der Waals surface area contributed by atoms with Gasteiger partial charge in [0.1, 0.15) is 10.7 Å². The molecule has 0 N–H and O–H groups in total. The van der Waals surface area contributed by atoms with Gasteiger partial charge in [-0.1, -0.05) is 35.5 Å². The Kier molecular flexibility index (Phi) is 7.92. The molecule has 4 heterocycles. The summed E-state index contributed by atoms with van der Waals surface area (Å²) in [5.41, 5.74) is 1.12. The van der Waals surface area contributed by atoms with Crippen LogP contribution in [0.25, 0.3) is 17.3 Å². The average Bonchev–Trinajstić information content (AvgIpc) is 3.68. The predicted molar refractivity (Wildman–Crippen MR) is 141 cm³/mol. The first kappa shape index (κ1) is 25.5. The summed E-state index contributed by atoms with van der Waals surface area (Å²) in [6.07, 6.45) is 3.07. The third kappa shape index (κ3) is 5.58. The monoisotopic (exact) mass is 557 g/mol. The number of aromatic nitrogens is 4. The molecule has 0 aliphatic carbocycles. The van der Waals surface area contributed by atoms with Gasteiger partial charge in [0.15, 0.2) is 10.9 Å². The summed E-state index contributed by atoms with van der Waals surface area (Å²) in [5.74, 6) is 0.906. The highest BCUT2D eigenvalue weighted by molar-refractivity contribution is 7.98. The lowest BCUT2D eigenvalue weighted by Gasteiger charge is -2.31. The van der Waals surface area contributed by atoms with E-state index in [4.69, 9.17) is 20.8 Å². The minimum absolute atomic E-state index is 0.166. The van der Waals surface area contributed by atoms with Gasteiger partial charge in [-0.3, -0.25) is 14.2 Å². The first-order chi connectivity index (χ1) is 18.0. The molecular weight excluding hydrogens is 534 g/mol. The fourth-order valence-electron chi connectivity index (χ4n) is 4.16. The first-order valence-corrected chi connectivity index (χ1v) is 14.1. The molecule has 1 atom stereocenters. The van der Waals surface area contributed by atoms with E-state index in [1.807, 2.05) is 34.9 Å². The zero-order chi connectivity index (χ0) is 25.8. The van der Waals surface area contributed by atoms with Crippen LogP contribution in [-0.2, 0) is 15.3 Å². The van der Waals surface area contributed by atoms with Crippen LogP contribution in [0.15, 0.2) is 57.6 Å². The molecule has 9 nitrogen and oxygen atoms in total. The fourth-order valence-corrected chi connectivity index (χ4v) is 6.11. The maximum atomic E-state index is 13.1. The van der Waals surface area contributed by atoms with Crippen molar-refractivity contribution in [3.8, 4) is 17.3 Å². The molecule has 4 aromatic rings. The van der Waals surface area contributed by atoms with E-state index in [-0.39, 0.29) is 17.8 Å². The quantitative estimate of drug-likeness (QED) is 0.211. The summed E-state index contributed by atoms with van der Waals surface area (Å²) < 4.78 is 12.6. The first-order valence-electron chi connectivity index (χ1n) is 11.8. The molecule has 0 radical (unpaired) electrons. The maximum Gasteiger partial charge on any atom is 0.310 e. The van der Waals surface area contributed by atoms with Crippen molar-refractivity contribution in [3.63, 3.8) is 0 Å². The average molecular weight is 558 g/mol. The number of thiazole rings is 1. The number of hydrogen-bond acceptors (Lipinski definition) is 9. The third-order valence-electron chi connectivity index (χ3n) is 5.89. The smallest absolute Gasteiger partial charge is 0.310 e. The molecule has 1 fully saturated rings. The zero-order valence-electron chi connectivity index (χ0n) is 20.0. The summed E-state index contributed by atoms with van der Waals surface area (Å²) in [6.45, 7) is 3.08. The molecule has 3 aromatic heterocycles. The van der Waals surface area contributed by atoms with Crippen molar-refractivity contribution in [2.75, 3.05) is 19.7 Å². The molecule has 12 heteroatoms. The Labute approximate surface area is 226 Å². The van der Waals surface area contributed by atoms with E-state index in [0.717, 1.165) is 23.5 Å². The van der Waals surface area contributed by atoms with Gasteiger partial charge in [0.05, 0.1) is 35.3 Å². The van der Waals surface area contributed by atoms with Crippen LogP contribution < -0.4 is 0 Å². The molecule has 1 aliphatic heterocycles. The normalized spacial score (nSPS) is 15.6. The van der Waals surface area contributed by atoms with Crippen molar-refractivity contribution in [3.05, 3.63) is 63.8 Å². The molecule has 0 bridgehead atoms. The summed E-state index contributed by atoms with van der Waals surface area (Å²) >= 11 is 9.36. The van der Waals surface area contributed by atoms with E-state index in [0.29, 0.717) is 52.9 Å². The van der Waals surface area contributed by atoms with Crippen molar-refractivity contribution in [1.82, 2.24) is 24.6 Å². The number of benzene rings is 1. The summed E-state index contributed by atoms with van der Waals surface area (Å²) in [6, 6.07) is 11.1. The highest BCUT2D eigenvalue weighted by atomic mass is 35.5. The number of amides is 1. The molecule has 5 rings (SSSR count). The van der Waals surface area contributed by atoms with E-state index >= 15 is 0 Å². The number of carbonyl (C=O) groups excluding carboxylic acids is 2. The van der Waals surface area contributed by atoms with Gasteiger partial charge in [0, 0.05) is 18.5 Å². The maximum absolute atomic E-state index is 13.1. The Balaban J connectivity index is 1.31.